The van der Waals surface area contributed by atoms with E-state index in [1.165, 1.54) is 31.2 Å². The van der Waals surface area contributed by atoms with Gasteiger partial charge in [-0.05, 0) is 42.0 Å². The summed E-state index contributed by atoms with van der Waals surface area (Å²) in [5.74, 6) is -0.575. The van der Waals surface area contributed by atoms with Crippen LogP contribution >= 0.6 is 0 Å². The van der Waals surface area contributed by atoms with Crippen molar-refractivity contribution in [2.45, 2.75) is 19.2 Å². The topological polar surface area (TPSA) is 60.8 Å². The number of fused-ring (bicyclic) bond motifs is 1. The van der Waals surface area contributed by atoms with E-state index in [4.69, 9.17) is 0 Å². The number of rotatable bonds is 4. The van der Waals surface area contributed by atoms with Gasteiger partial charge in [0.1, 0.15) is 5.75 Å². The molecule has 1 atom stereocenters. The highest BCUT2D eigenvalue weighted by Crippen LogP contribution is 2.25. The van der Waals surface area contributed by atoms with Gasteiger partial charge < -0.3 is 15.1 Å². The van der Waals surface area contributed by atoms with Crippen molar-refractivity contribution in [1.82, 2.24) is 4.90 Å². The van der Waals surface area contributed by atoms with Crippen LogP contribution in [0.25, 0.3) is 10.8 Å². The molecule has 0 saturated carbocycles. The third kappa shape index (κ3) is 3.73. The Morgan fingerprint density at radius 2 is 1.96 bits per heavy atom. The molecule has 2 rings (SSSR count). The number of phenolic OH excluding ortho intramolecular Hbond substituents is 1. The fraction of sp³-hybridized carbons (Fsp3) is 0.312. The average molecular weight is 327 g/mol. The summed E-state index contributed by atoms with van der Waals surface area (Å²) in [4.78, 5) is 13.5. The SMILES string of the molecule is CCN(C[C@H](O)C(F)(F)F)C(=O)c1cccc2cc(O)ccc12. The number of benzene rings is 2. The molecule has 0 aliphatic carbocycles. The first-order valence-corrected chi connectivity index (χ1v) is 7.00. The molecule has 0 bridgehead atoms. The molecule has 2 aromatic carbocycles. The number of hydrogen-bond donors (Lipinski definition) is 2. The summed E-state index contributed by atoms with van der Waals surface area (Å²) < 4.78 is 37.5. The molecule has 2 N–H and O–H groups in total. The number of nitrogens with zero attached hydrogens (tertiary/aromatic N) is 1. The van der Waals surface area contributed by atoms with Crippen molar-refractivity contribution in [3.63, 3.8) is 0 Å². The lowest BCUT2D eigenvalue weighted by Gasteiger charge is -2.25. The number of carbonyl (C=O) groups excluding carboxylic acids is 1. The molecule has 0 spiro atoms. The van der Waals surface area contributed by atoms with Crippen molar-refractivity contribution in [3.8, 4) is 5.75 Å². The molecule has 0 aromatic heterocycles. The molecule has 0 saturated heterocycles. The van der Waals surface area contributed by atoms with E-state index >= 15 is 0 Å². The Balaban J connectivity index is 2.35. The average Bonchev–Trinajstić information content (AvgIpc) is 2.49. The van der Waals surface area contributed by atoms with Crippen molar-refractivity contribution in [1.29, 1.82) is 0 Å². The highest BCUT2D eigenvalue weighted by Gasteiger charge is 2.39. The number of halogens is 3. The van der Waals surface area contributed by atoms with Gasteiger partial charge in [-0.2, -0.15) is 13.2 Å². The van der Waals surface area contributed by atoms with Crippen LogP contribution < -0.4 is 0 Å². The lowest BCUT2D eigenvalue weighted by Crippen LogP contribution is -2.43. The van der Waals surface area contributed by atoms with E-state index in [9.17, 15) is 28.2 Å². The first-order valence-electron chi connectivity index (χ1n) is 7.00. The molecule has 23 heavy (non-hydrogen) atoms. The monoisotopic (exact) mass is 327 g/mol. The van der Waals surface area contributed by atoms with Crippen LogP contribution in [0.3, 0.4) is 0 Å². The number of amides is 1. The van der Waals surface area contributed by atoms with Gasteiger partial charge in [-0.1, -0.05) is 12.1 Å². The van der Waals surface area contributed by atoms with Crippen LogP contribution in [0.4, 0.5) is 13.2 Å². The van der Waals surface area contributed by atoms with Gasteiger partial charge in [-0.25, -0.2) is 0 Å². The normalized spacial score (nSPS) is 13.1. The second kappa shape index (κ2) is 6.45. The summed E-state index contributed by atoms with van der Waals surface area (Å²) in [6, 6.07) is 9.18. The van der Waals surface area contributed by atoms with Crippen LogP contribution in [-0.4, -0.2) is 46.4 Å². The molecule has 0 aliphatic rings. The van der Waals surface area contributed by atoms with Crippen molar-refractivity contribution >= 4 is 16.7 Å². The summed E-state index contributed by atoms with van der Waals surface area (Å²) in [6.07, 6.45) is -7.37. The van der Waals surface area contributed by atoms with Crippen LogP contribution in [0.1, 0.15) is 17.3 Å². The molecule has 0 radical (unpaired) electrons. The minimum Gasteiger partial charge on any atom is -0.508 e. The van der Waals surface area contributed by atoms with Crippen LogP contribution in [0.15, 0.2) is 36.4 Å². The molecule has 0 heterocycles. The van der Waals surface area contributed by atoms with Gasteiger partial charge in [0.05, 0.1) is 6.54 Å². The molecule has 0 unspecified atom stereocenters. The van der Waals surface area contributed by atoms with Crippen molar-refractivity contribution in [2.75, 3.05) is 13.1 Å². The number of carbonyl (C=O) groups is 1. The molecule has 0 aliphatic heterocycles. The Morgan fingerprint density at radius 1 is 1.26 bits per heavy atom. The van der Waals surface area contributed by atoms with Gasteiger partial charge >= 0.3 is 6.18 Å². The number of likely N-dealkylation sites (N-methyl/N-ethyl adjacent to an activating group) is 1. The van der Waals surface area contributed by atoms with E-state index in [2.05, 4.69) is 0 Å². The van der Waals surface area contributed by atoms with Gasteiger partial charge in [0, 0.05) is 12.1 Å². The molecular weight excluding hydrogens is 311 g/mol. The van der Waals surface area contributed by atoms with Gasteiger partial charge in [-0.15, -0.1) is 0 Å². The Labute approximate surface area is 130 Å². The van der Waals surface area contributed by atoms with E-state index in [0.29, 0.717) is 10.8 Å². The Kier molecular flexibility index (Phi) is 4.79. The largest absolute Gasteiger partial charge is 0.508 e. The van der Waals surface area contributed by atoms with Gasteiger partial charge in [0.15, 0.2) is 6.10 Å². The van der Waals surface area contributed by atoms with E-state index in [1.54, 1.807) is 12.1 Å². The van der Waals surface area contributed by atoms with E-state index in [1.807, 2.05) is 0 Å². The van der Waals surface area contributed by atoms with E-state index in [-0.39, 0.29) is 17.9 Å². The van der Waals surface area contributed by atoms with Crippen LogP contribution in [0.5, 0.6) is 5.75 Å². The minimum atomic E-state index is -4.78. The lowest BCUT2D eigenvalue weighted by molar-refractivity contribution is -0.206. The van der Waals surface area contributed by atoms with Crippen LogP contribution in [0.2, 0.25) is 0 Å². The first-order chi connectivity index (χ1) is 10.7. The van der Waals surface area contributed by atoms with Crippen LogP contribution in [-0.2, 0) is 0 Å². The first kappa shape index (κ1) is 17.1. The second-order valence-electron chi connectivity index (χ2n) is 5.11. The lowest BCUT2D eigenvalue weighted by atomic mass is 10.0. The standard InChI is InChI=1S/C16H16F3NO3/c1-2-20(9-14(22)16(17,18)19)15(23)13-5-3-4-10-8-11(21)6-7-12(10)13/h3-8,14,21-22H,2,9H2,1H3/t14-/m0/s1. The number of aliphatic hydroxyl groups is 1. The molecule has 124 valence electrons. The molecular formula is C16H16F3NO3. The summed E-state index contributed by atoms with van der Waals surface area (Å²) in [6.45, 7) is 0.742. The van der Waals surface area contributed by atoms with Crippen LogP contribution in [0, 0.1) is 0 Å². The second-order valence-corrected chi connectivity index (χ2v) is 5.11. The molecule has 2 aromatic rings. The van der Waals surface area contributed by atoms with E-state index in [0.717, 1.165) is 4.90 Å². The molecule has 1 amide bonds. The number of hydrogen-bond acceptors (Lipinski definition) is 3. The van der Waals surface area contributed by atoms with Crippen molar-refractivity contribution < 1.29 is 28.2 Å². The summed E-state index contributed by atoms with van der Waals surface area (Å²) in [5, 5.41) is 19.8. The zero-order valence-electron chi connectivity index (χ0n) is 12.3. The summed E-state index contributed by atoms with van der Waals surface area (Å²) in [5.41, 5.74) is 0.221. The smallest absolute Gasteiger partial charge is 0.416 e. The third-order valence-corrected chi connectivity index (χ3v) is 3.53. The molecule has 7 heteroatoms. The zero-order valence-corrected chi connectivity index (χ0v) is 12.3. The Morgan fingerprint density at radius 3 is 2.57 bits per heavy atom. The maximum atomic E-state index is 12.5. The fourth-order valence-corrected chi connectivity index (χ4v) is 2.30. The Hall–Kier alpha value is -2.28. The van der Waals surface area contributed by atoms with Crippen molar-refractivity contribution in [3.05, 3.63) is 42.0 Å². The minimum absolute atomic E-state index is 0.0282. The number of aromatic hydroxyl groups is 1. The van der Waals surface area contributed by atoms with Gasteiger partial charge in [-0.3, -0.25) is 4.79 Å². The number of phenols is 1. The highest BCUT2D eigenvalue weighted by atomic mass is 19.4. The quantitative estimate of drug-likeness (QED) is 0.908. The van der Waals surface area contributed by atoms with E-state index < -0.39 is 24.7 Å². The maximum absolute atomic E-state index is 12.5. The van der Waals surface area contributed by atoms with Gasteiger partial charge in [0.2, 0.25) is 0 Å². The van der Waals surface area contributed by atoms with Crippen molar-refractivity contribution in [2.24, 2.45) is 0 Å². The molecule has 0 fully saturated rings. The molecule has 4 nitrogen and oxygen atoms in total. The third-order valence-electron chi connectivity index (χ3n) is 3.53. The zero-order chi connectivity index (χ0) is 17.2. The predicted octanol–water partition coefficient (Wildman–Crippen LogP) is 2.93. The van der Waals surface area contributed by atoms with Gasteiger partial charge in [0.25, 0.3) is 5.91 Å². The predicted molar refractivity (Wildman–Crippen MR) is 79.3 cm³/mol. The fourth-order valence-electron chi connectivity index (χ4n) is 2.30. The summed E-state index contributed by atoms with van der Waals surface area (Å²) >= 11 is 0. The maximum Gasteiger partial charge on any atom is 0.416 e. The Bertz CT molecular complexity index is 715. The number of aliphatic hydroxyl groups excluding tert-OH is 1. The number of alkyl halides is 3. The highest BCUT2D eigenvalue weighted by molar-refractivity contribution is 6.07. The summed E-state index contributed by atoms with van der Waals surface area (Å²) in [7, 11) is 0.